The Morgan fingerprint density at radius 1 is 1.47 bits per heavy atom. The van der Waals surface area contributed by atoms with Gasteiger partial charge in [-0.2, -0.15) is 0 Å². The molecule has 0 aliphatic heterocycles. The number of carboxylic acid groups (broad SMARTS) is 1. The minimum absolute atomic E-state index is 0.217. The van der Waals surface area contributed by atoms with Gasteiger partial charge >= 0.3 is 5.97 Å². The molecule has 1 aromatic rings. The fourth-order valence-electron chi connectivity index (χ4n) is 1.45. The van der Waals surface area contributed by atoms with Crippen LogP contribution >= 0.6 is 0 Å². The largest absolute Gasteiger partial charge is 0.479 e. The van der Waals surface area contributed by atoms with Crippen LogP contribution in [-0.2, 0) is 9.53 Å². The Morgan fingerprint density at radius 2 is 2.06 bits per heavy atom. The first-order valence-electron chi connectivity index (χ1n) is 5.35. The summed E-state index contributed by atoms with van der Waals surface area (Å²) in [6, 6.07) is 5.87. The molecule has 1 rings (SSSR count). The predicted octanol–water partition coefficient (Wildman–Crippen LogP) is 1.75. The van der Waals surface area contributed by atoms with Gasteiger partial charge in [-0.15, -0.1) is 0 Å². The molecule has 0 aliphatic rings. The zero-order valence-corrected chi connectivity index (χ0v) is 9.89. The molecule has 0 radical (unpaired) electrons. The Labute approximate surface area is 99.6 Å². The average Bonchev–Trinajstić information content (AvgIpc) is 2.29. The van der Waals surface area contributed by atoms with Crippen molar-refractivity contribution in [2.45, 2.75) is 13.0 Å². The van der Waals surface area contributed by atoms with Crippen LogP contribution in [0.3, 0.4) is 0 Å². The number of aliphatic carboxylic acids is 1. The van der Waals surface area contributed by atoms with Crippen LogP contribution in [-0.4, -0.2) is 37.4 Å². The van der Waals surface area contributed by atoms with Crippen molar-refractivity contribution in [3.05, 3.63) is 30.1 Å². The molecule has 0 spiro atoms. The number of hydrogen-bond acceptors (Lipinski definition) is 3. The lowest BCUT2D eigenvalue weighted by molar-refractivity contribution is -0.149. The second-order valence-electron chi connectivity index (χ2n) is 3.64. The van der Waals surface area contributed by atoms with Crippen molar-refractivity contribution in [1.82, 2.24) is 0 Å². The topological polar surface area (TPSA) is 49.8 Å². The maximum absolute atomic E-state index is 12.7. The molecule has 5 heteroatoms. The number of likely N-dealkylation sites (N-methyl/N-ethyl adjacent to an activating group) is 1. The molecule has 1 unspecified atom stereocenters. The smallest absolute Gasteiger partial charge is 0.334 e. The van der Waals surface area contributed by atoms with Crippen molar-refractivity contribution < 1.29 is 19.0 Å². The van der Waals surface area contributed by atoms with E-state index in [4.69, 9.17) is 9.84 Å². The van der Waals surface area contributed by atoms with Crippen LogP contribution in [0.15, 0.2) is 24.3 Å². The maximum Gasteiger partial charge on any atom is 0.334 e. The highest BCUT2D eigenvalue weighted by Crippen LogP contribution is 2.13. The SMILES string of the molecule is CCOC(CN(C)c1ccc(F)cc1)C(=O)O. The molecular formula is C12H16FNO3. The first-order chi connectivity index (χ1) is 8.04. The standard InChI is InChI=1S/C12H16FNO3/c1-3-17-11(12(15)16)8-14(2)10-6-4-9(13)5-7-10/h4-7,11H,3,8H2,1-2H3,(H,15,16). The van der Waals surface area contributed by atoms with Crippen molar-refractivity contribution in [1.29, 1.82) is 0 Å². The number of ether oxygens (including phenoxy) is 1. The molecule has 94 valence electrons. The zero-order chi connectivity index (χ0) is 12.8. The number of hydrogen-bond donors (Lipinski definition) is 1. The zero-order valence-electron chi connectivity index (χ0n) is 9.89. The van der Waals surface area contributed by atoms with Crippen LogP contribution in [0.25, 0.3) is 0 Å². The molecule has 0 saturated heterocycles. The Hall–Kier alpha value is -1.62. The number of halogens is 1. The molecule has 1 N–H and O–H groups in total. The van der Waals surface area contributed by atoms with E-state index < -0.39 is 12.1 Å². The van der Waals surface area contributed by atoms with Gasteiger partial charge in [0.25, 0.3) is 0 Å². The van der Waals surface area contributed by atoms with Crippen LogP contribution in [0, 0.1) is 5.82 Å². The van der Waals surface area contributed by atoms with Crippen LogP contribution in [0.2, 0.25) is 0 Å². The summed E-state index contributed by atoms with van der Waals surface area (Å²) in [6.45, 7) is 2.30. The molecule has 0 amide bonds. The van der Waals surface area contributed by atoms with Gasteiger partial charge < -0.3 is 14.7 Å². The van der Waals surface area contributed by atoms with Crippen molar-refractivity contribution >= 4 is 11.7 Å². The third-order valence-corrected chi connectivity index (χ3v) is 2.35. The van der Waals surface area contributed by atoms with Crippen molar-refractivity contribution in [3.63, 3.8) is 0 Å². The van der Waals surface area contributed by atoms with Crippen LogP contribution in [0.4, 0.5) is 10.1 Å². The van der Waals surface area contributed by atoms with Gasteiger partial charge in [-0.3, -0.25) is 0 Å². The molecule has 0 aromatic heterocycles. The summed E-state index contributed by atoms with van der Waals surface area (Å²) in [7, 11) is 1.74. The summed E-state index contributed by atoms with van der Waals surface area (Å²) < 4.78 is 17.8. The van der Waals surface area contributed by atoms with Gasteiger partial charge in [-0.05, 0) is 31.2 Å². The third-order valence-electron chi connectivity index (χ3n) is 2.35. The summed E-state index contributed by atoms with van der Waals surface area (Å²) in [5.41, 5.74) is 0.748. The molecule has 0 saturated carbocycles. The number of rotatable bonds is 6. The summed E-state index contributed by atoms with van der Waals surface area (Å²) in [5, 5.41) is 8.93. The van der Waals surface area contributed by atoms with E-state index in [9.17, 15) is 9.18 Å². The van der Waals surface area contributed by atoms with Crippen molar-refractivity contribution in [2.75, 3.05) is 25.1 Å². The quantitative estimate of drug-likeness (QED) is 0.824. The lowest BCUT2D eigenvalue weighted by Crippen LogP contribution is -2.36. The summed E-state index contributed by atoms with van der Waals surface area (Å²) >= 11 is 0. The van der Waals surface area contributed by atoms with Crippen LogP contribution < -0.4 is 4.90 Å². The van der Waals surface area contributed by atoms with Gasteiger partial charge in [0.1, 0.15) is 5.82 Å². The van der Waals surface area contributed by atoms with Gasteiger partial charge in [-0.25, -0.2) is 9.18 Å². The molecule has 0 fully saturated rings. The highest BCUT2D eigenvalue weighted by Gasteiger charge is 2.19. The molecule has 0 heterocycles. The molecule has 4 nitrogen and oxygen atoms in total. The number of carbonyl (C=O) groups is 1. The second kappa shape index (κ2) is 6.20. The summed E-state index contributed by atoms with van der Waals surface area (Å²) in [5.74, 6) is -1.32. The minimum Gasteiger partial charge on any atom is -0.479 e. The third kappa shape index (κ3) is 4.03. The van der Waals surface area contributed by atoms with Gasteiger partial charge in [0.15, 0.2) is 6.10 Å². The van der Waals surface area contributed by atoms with Gasteiger partial charge in [0.2, 0.25) is 0 Å². The molecule has 1 aromatic carbocycles. The van der Waals surface area contributed by atoms with E-state index >= 15 is 0 Å². The summed E-state index contributed by atoms with van der Waals surface area (Å²) in [4.78, 5) is 12.6. The normalized spacial score (nSPS) is 12.2. The van der Waals surface area contributed by atoms with E-state index in [0.29, 0.717) is 6.61 Å². The highest BCUT2D eigenvalue weighted by atomic mass is 19.1. The van der Waals surface area contributed by atoms with E-state index in [1.165, 1.54) is 12.1 Å². The fourth-order valence-corrected chi connectivity index (χ4v) is 1.45. The summed E-state index contributed by atoms with van der Waals surface area (Å²) in [6.07, 6.45) is -0.880. The number of nitrogens with zero attached hydrogens (tertiary/aromatic N) is 1. The van der Waals surface area contributed by atoms with E-state index in [1.54, 1.807) is 31.0 Å². The number of anilines is 1. The Bertz CT molecular complexity index is 367. The highest BCUT2D eigenvalue weighted by molar-refractivity contribution is 5.73. The molecule has 0 bridgehead atoms. The number of carboxylic acids is 1. The predicted molar refractivity (Wildman–Crippen MR) is 62.7 cm³/mol. The maximum atomic E-state index is 12.7. The van der Waals surface area contributed by atoms with E-state index in [-0.39, 0.29) is 12.4 Å². The van der Waals surface area contributed by atoms with Crippen molar-refractivity contribution in [3.8, 4) is 0 Å². The van der Waals surface area contributed by atoms with Crippen LogP contribution in [0.1, 0.15) is 6.92 Å². The molecule has 0 aliphatic carbocycles. The first-order valence-corrected chi connectivity index (χ1v) is 5.35. The Kier molecular flexibility index (Phi) is 4.90. The first kappa shape index (κ1) is 13.4. The Morgan fingerprint density at radius 3 is 2.53 bits per heavy atom. The minimum atomic E-state index is -0.999. The van der Waals surface area contributed by atoms with Crippen molar-refractivity contribution in [2.24, 2.45) is 0 Å². The molecule has 1 atom stereocenters. The molecular weight excluding hydrogens is 225 g/mol. The molecule has 17 heavy (non-hydrogen) atoms. The lowest BCUT2D eigenvalue weighted by Gasteiger charge is -2.23. The second-order valence-corrected chi connectivity index (χ2v) is 3.64. The average molecular weight is 241 g/mol. The van der Waals surface area contributed by atoms with Gasteiger partial charge in [0.05, 0.1) is 6.54 Å². The van der Waals surface area contributed by atoms with Gasteiger partial charge in [-0.1, -0.05) is 0 Å². The number of benzene rings is 1. The van der Waals surface area contributed by atoms with Gasteiger partial charge in [0, 0.05) is 19.3 Å². The van der Waals surface area contributed by atoms with E-state index in [0.717, 1.165) is 5.69 Å². The van der Waals surface area contributed by atoms with E-state index in [1.807, 2.05) is 0 Å². The fraction of sp³-hybridized carbons (Fsp3) is 0.417. The monoisotopic (exact) mass is 241 g/mol. The van der Waals surface area contributed by atoms with Crippen LogP contribution in [0.5, 0.6) is 0 Å². The van der Waals surface area contributed by atoms with E-state index in [2.05, 4.69) is 0 Å². The Balaban J connectivity index is 2.66. The lowest BCUT2D eigenvalue weighted by atomic mass is 10.2.